The van der Waals surface area contributed by atoms with Crippen LogP contribution in [0.5, 0.6) is 0 Å². The molecule has 0 aliphatic heterocycles. The highest BCUT2D eigenvalue weighted by molar-refractivity contribution is 6.74. The summed E-state index contributed by atoms with van der Waals surface area (Å²) < 4.78 is 6.48. The molecule has 1 aliphatic rings. The fourth-order valence-electron chi connectivity index (χ4n) is 2.04. The molecule has 0 N–H and O–H groups in total. The normalized spacial score (nSPS) is 21.5. The molecule has 0 aromatic carbocycles. The highest BCUT2D eigenvalue weighted by Gasteiger charge is 2.44. The largest absolute Gasteiger partial charge is 0.401 e. The predicted octanol–water partition coefficient (Wildman–Crippen LogP) is 4.34. The minimum atomic E-state index is -1.73. The van der Waals surface area contributed by atoms with E-state index in [1.165, 1.54) is 19.3 Å². The van der Waals surface area contributed by atoms with E-state index >= 15 is 0 Å². The maximum Gasteiger partial charge on any atom is 0.194 e. The van der Waals surface area contributed by atoms with Gasteiger partial charge in [-0.1, -0.05) is 33.1 Å². The maximum atomic E-state index is 6.48. The van der Waals surface area contributed by atoms with Crippen LogP contribution in [0.4, 0.5) is 0 Å². The Morgan fingerprint density at radius 1 is 1.12 bits per heavy atom. The van der Waals surface area contributed by atoms with Crippen LogP contribution in [-0.2, 0) is 4.43 Å². The molecule has 1 fully saturated rings. The van der Waals surface area contributed by atoms with Crippen LogP contribution in [-0.4, -0.2) is 13.9 Å². The summed E-state index contributed by atoms with van der Waals surface area (Å²) in [6, 6.07) is 0. The first kappa shape index (κ1) is 13.8. The van der Waals surface area contributed by atoms with Crippen molar-refractivity contribution >= 4 is 8.32 Å². The summed E-state index contributed by atoms with van der Waals surface area (Å²) in [5, 5.41) is 0.244. The standard InChI is InChI=1S/C14H26OSi/c1-7-14(11-9-8-10-12-14)15-16(5,6)13(2,3)4/h1H,8-12H2,2-6H3. The van der Waals surface area contributed by atoms with Gasteiger partial charge < -0.3 is 4.43 Å². The van der Waals surface area contributed by atoms with Gasteiger partial charge in [-0.15, -0.1) is 6.42 Å². The molecule has 0 amide bonds. The van der Waals surface area contributed by atoms with Gasteiger partial charge in [-0.05, 0) is 43.8 Å². The van der Waals surface area contributed by atoms with E-state index in [1.54, 1.807) is 0 Å². The van der Waals surface area contributed by atoms with E-state index < -0.39 is 8.32 Å². The van der Waals surface area contributed by atoms with E-state index in [2.05, 4.69) is 39.8 Å². The third-order valence-corrected chi connectivity index (χ3v) is 8.69. The average Bonchev–Trinajstić information content (AvgIpc) is 2.17. The second-order valence-corrected chi connectivity index (χ2v) is 11.3. The number of rotatable bonds is 2. The fourth-order valence-corrected chi connectivity index (χ4v) is 3.59. The summed E-state index contributed by atoms with van der Waals surface area (Å²) in [4.78, 5) is 0. The lowest BCUT2D eigenvalue weighted by Gasteiger charge is -2.45. The summed E-state index contributed by atoms with van der Waals surface area (Å²) >= 11 is 0. The van der Waals surface area contributed by atoms with Gasteiger partial charge in [0.15, 0.2) is 8.32 Å². The van der Waals surface area contributed by atoms with E-state index in [0.717, 1.165) is 12.8 Å². The topological polar surface area (TPSA) is 9.23 Å². The molecule has 92 valence electrons. The van der Waals surface area contributed by atoms with Crippen LogP contribution in [0.2, 0.25) is 18.1 Å². The molecule has 1 nitrogen and oxygen atoms in total. The van der Waals surface area contributed by atoms with Crippen molar-refractivity contribution in [3.63, 3.8) is 0 Å². The Kier molecular flexibility index (Phi) is 3.92. The molecule has 0 aromatic heterocycles. The Labute approximate surface area is 102 Å². The van der Waals surface area contributed by atoms with Crippen molar-refractivity contribution in [3.8, 4) is 12.3 Å². The van der Waals surface area contributed by atoms with Crippen LogP contribution in [0.3, 0.4) is 0 Å². The van der Waals surface area contributed by atoms with Crippen molar-refractivity contribution in [1.29, 1.82) is 0 Å². The lowest BCUT2D eigenvalue weighted by molar-refractivity contribution is 0.0719. The number of terminal acetylenes is 1. The molecule has 0 spiro atoms. The first-order chi connectivity index (χ1) is 7.22. The zero-order valence-corrected chi connectivity index (χ0v) is 12.5. The van der Waals surface area contributed by atoms with Crippen LogP contribution in [0.1, 0.15) is 52.9 Å². The quantitative estimate of drug-likeness (QED) is 0.513. The maximum absolute atomic E-state index is 6.48. The SMILES string of the molecule is C#CC1(O[Si](C)(C)C(C)(C)C)CCCCC1. The Morgan fingerprint density at radius 2 is 1.62 bits per heavy atom. The van der Waals surface area contributed by atoms with Crippen molar-refractivity contribution in [1.82, 2.24) is 0 Å². The molecule has 1 aliphatic carbocycles. The van der Waals surface area contributed by atoms with Gasteiger partial charge in [-0.2, -0.15) is 0 Å². The zero-order valence-electron chi connectivity index (χ0n) is 11.5. The summed E-state index contributed by atoms with van der Waals surface area (Å²) in [5.74, 6) is 2.96. The summed E-state index contributed by atoms with van der Waals surface area (Å²) in [6.07, 6.45) is 11.6. The molecule has 0 heterocycles. The van der Waals surface area contributed by atoms with Crippen LogP contribution in [0, 0.1) is 12.3 Å². The smallest absolute Gasteiger partial charge is 0.194 e. The second kappa shape index (κ2) is 4.54. The zero-order chi connectivity index (χ0) is 12.4. The minimum absolute atomic E-state index is 0.244. The number of hydrogen-bond donors (Lipinski definition) is 0. The summed E-state index contributed by atoms with van der Waals surface area (Å²) in [5.41, 5.74) is -0.249. The van der Waals surface area contributed by atoms with Crippen molar-refractivity contribution in [3.05, 3.63) is 0 Å². The molecular weight excluding hydrogens is 212 g/mol. The van der Waals surface area contributed by atoms with Gasteiger partial charge in [0.1, 0.15) is 5.60 Å². The molecule has 16 heavy (non-hydrogen) atoms. The first-order valence-electron chi connectivity index (χ1n) is 6.40. The Morgan fingerprint density at radius 3 is 2.00 bits per heavy atom. The fraction of sp³-hybridized carbons (Fsp3) is 0.857. The minimum Gasteiger partial charge on any atom is -0.401 e. The van der Waals surface area contributed by atoms with Crippen molar-refractivity contribution in [2.75, 3.05) is 0 Å². The molecule has 0 radical (unpaired) electrons. The highest BCUT2D eigenvalue weighted by Crippen LogP contribution is 2.42. The van der Waals surface area contributed by atoms with E-state index in [0.29, 0.717) is 0 Å². The van der Waals surface area contributed by atoms with Crippen LogP contribution in [0.15, 0.2) is 0 Å². The van der Waals surface area contributed by atoms with Crippen LogP contribution < -0.4 is 0 Å². The first-order valence-corrected chi connectivity index (χ1v) is 9.31. The Balaban J connectivity index is 2.81. The predicted molar refractivity (Wildman–Crippen MR) is 72.9 cm³/mol. The van der Waals surface area contributed by atoms with Crippen LogP contribution >= 0.6 is 0 Å². The lowest BCUT2D eigenvalue weighted by atomic mass is 9.86. The van der Waals surface area contributed by atoms with Gasteiger partial charge in [0.2, 0.25) is 0 Å². The van der Waals surface area contributed by atoms with Crippen molar-refractivity contribution in [2.45, 2.75) is 76.6 Å². The Bertz CT molecular complexity index is 274. The molecule has 0 unspecified atom stereocenters. The highest BCUT2D eigenvalue weighted by atomic mass is 28.4. The molecule has 0 aromatic rings. The van der Waals surface area contributed by atoms with E-state index in [-0.39, 0.29) is 10.6 Å². The van der Waals surface area contributed by atoms with Gasteiger partial charge >= 0.3 is 0 Å². The second-order valence-electron chi connectivity index (χ2n) is 6.56. The third kappa shape index (κ3) is 2.90. The molecule has 0 atom stereocenters. The van der Waals surface area contributed by atoms with Gasteiger partial charge in [-0.3, -0.25) is 0 Å². The van der Waals surface area contributed by atoms with Gasteiger partial charge in [-0.25, -0.2) is 0 Å². The monoisotopic (exact) mass is 238 g/mol. The Hall–Kier alpha value is -0.263. The van der Waals surface area contributed by atoms with Gasteiger partial charge in [0.25, 0.3) is 0 Å². The van der Waals surface area contributed by atoms with Gasteiger partial charge in [0, 0.05) is 0 Å². The van der Waals surface area contributed by atoms with Gasteiger partial charge in [0.05, 0.1) is 0 Å². The van der Waals surface area contributed by atoms with Crippen LogP contribution in [0.25, 0.3) is 0 Å². The summed E-state index contributed by atoms with van der Waals surface area (Å²) in [7, 11) is -1.73. The number of hydrogen-bond acceptors (Lipinski definition) is 1. The van der Waals surface area contributed by atoms with E-state index in [9.17, 15) is 0 Å². The molecular formula is C14H26OSi. The molecule has 1 rings (SSSR count). The molecule has 1 saturated carbocycles. The lowest BCUT2D eigenvalue weighted by Crippen LogP contribution is -2.50. The van der Waals surface area contributed by atoms with E-state index in [1.807, 2.05) is 0 Å². The molecule has 0 saturated heterocycles. The van der Waals surface area contributed by atoms with E-state index in [4.69, 9.17) is 10.8 Å². The third-order valence-electron chi connectivity index (χ3n) is 4.18. The van der Waals surface area contributed by atoms with Crippen molar-refractivity contribution in [2.24, 2.45) is 0 Å². The molecule has 2 heteroatoms. The van der Waals surface area contributed by atoms with Crippen molar-refractivity contribution < 1.29 is 4.43 Å². The molecule has 0 bridgehead atoms. The summed E-state index contributed by atoms with van der Waals surface area (Å²) in [6.45, 7) is 11.4. The average molecular weight is 238 g/mol.